The molecule has 2 rings (SSSR count). The van der Waals surface area contributed by atoms with Crippen LogP contribution in [0.5, 0.6) is 0 Å². The van der Waals surface area contributed by atoms with E-state index in [2.05, 4.69) is 0 Å². The van der Waals surface area contributed by atoms with E-state index in [-0.39, 0.29) is 22.3 Å². The van der Waals surface area contributed by atoms with E-state index in [1.54, 1.807) is 0 Å². The van der Waals surface area contributed by atoms with Gasteiger partial charge in [0.25, 0.3) is 0 Å². The Labute approximate surface area is 124 Å². The first-order valence-corrected chi connectivity index (χ1v) is 8.74. The highest BCUT2D eigenvalue weighted by Gasteiger charge is 2.22. The molecule has 1 N–H and O–H groups in total. The van der Waals surface area contributed by atoms with Crippen molar-refractivity contribution in [3.8, 4) is 0 Å². The lowest BCUT2D eigenvalue weighted by Crippen LogP contribution is -2.13. The zero-order chi connectivity index (χ0) is 15.5. The van der Waals surface area contributed by atoms with Crippen LogP contribution >= 0.6 is 0 Å². The summed E-state index contributed by atoms with van der Waals surface area (Å²) >= 11 is 0. The average molecular weight is 312 g/mol. The molecule has 6 heteroatoms. The summed E-state index contributed by atoms with van der Waals surface area (Å²) in [6.45, 7) is 2.30. The Balaban J connectivity index is 2.08. The van der Waals surface area contributed by atoms with Crippen molar-refractivity contribution in [2.75, 3.05) is 12.4 Å². The van der Waals surface area contributed by atoms with Crippen molar-refractivity contribution in [3.63, 3.8) is 0 Å². The van der Waals surface area contributed by atoms with Crippen molar-refractivity contribution >= 4 is 15.8 Å². The molecule has 1 heterocycles. The van der Waals surface area contributed by atoms with Gasteiger partial charge in [0.2, 0.25) is 0 Å². The van der Waals surface area contributed by atoms with Crippen LogP contribution in [0.4, 0.5) is 0 Å². The fraction of sp³-hybridized carbons (Fsp3) is 0.533. The van der Waals surface area contributed by atoms with E-state index >= 15 is 0 Å². The zero-order valence-corrected chi connectivity index (χ0v) is 12.9. The Bertz CT molecular complexity index is 615. The minimum absolute atomic E-state index is 0.0246. The van der Waals surface area contributed by atoms with Crippen molar-refractivity contribution in [1.29, 1.82) is 0 Å². The zero-order valence-electron chi connectivity index (χ0n) is 12.0. The van der Waals surface area contributed by atoms with E-state index in [0.29, 0.717) is 12.0 Å². The molecule has 0 aliphatic carbocycles. The average Bonchev–Trinajstić information content (AvgIpc) is 2.91. The summed E-state index contributed by atoms with van der Waals surface area (Å²) in [5.41, 5.74) is 0.345. The number of carboxylic acid groups (broad SMARTS) is 1. The summed E-state index contributed by atoms with van der Waals surface area (Å²) in [5.74, 6) is -1.08. The van der Waals surface area contributed by atoms with Gasteiger partial charge in [0.1, 0.15) is 0 Å². The lowest BCUT2D eigenvalue weighted by Gasteiger charge is -2.11. The number of sulfone groups is 1. The highest BCUT2D eigenvalue weighted by atomic mass is 32.2. The molecule has 1 unspecified atom stereocenters. The third-order valence-corrected chi connectivity index (χ3v) is 5.75. The van der Waals surface area contributed by atoms with E-state index in [9.17, 15) is 13.2 Å². The topological polar surface area (TPSA) is 80.7 Å². The monoisotopic (exact) mass is 312 g/mol. The summed E-state index contributed by atoms with van der Waals surface area (Å²) in [6, 6.07) is 4.37. The maximum atomic E-state index is 12.4. The molecule has 0 aromatic heterocycles. The molecule has 1 aliphatic heterocycles. The number of ether oxygens (including phenoxy) is 1. The van der Waals surface area contributed by atoms with Crippen molar-refractivity contribution in [2.24, 2.45) is 0 Å². The summed E-state index contributed by atoms with van der Waals surface area (Å²) in [6.07, 6.45) is 3.47. The number of hydrogen-bond acceptors (Lipinski definition) is 4. The van der Waals surface area contributed by atoms with Gasteiger partial charge in [0, 0.05) is 6.61 Å². The predicted molar refractivity (Wildman–Crippen MR) is 78.4 cm³/mol. The van der Waals surface area contributed by atoms with Crippen LogP contribution in [0.2, 0.25) is 0 Å². The molecule has 0 bridgehead atoms. The molecule has 0 spiro atoms. The van der Waals surface area contributed by atoms with Crippen molar-refractivity contribution in [1.82, 2.24) is 0 Å². The second-order valence-corrected chi connectivity index (χ2v) is 7.41. The van der Waals surface area contributed by atoms with E-state index in [1.807, 2.05) is 0 Å². The Hall–Kier alpha value is -1.40. The van der Waals surface area contributed by atoms with Gasteiger partial charge >= 0.3 is 5.97 Å². The van der Waals surface area contributed by atoms with Crippen LogP contribution in [0.1, 0.15) is 41.6 Å². The molecule has 5 nitrogen and oxygen atoms in total. The molecular formula is C15H20O5S. The van der Waals surface area contributed by atoms with Gasteiger partial charge in [0.15, 0.2) is 9.84 Å². The second-order valence-electron chi connectivity index (χ2n) is 5.33. The fourth-order valence-corrected chi connectivity index (χ4v) is 4.30. The van der Waals surface area contributed by atoms with Gasteiger partial charge < -0.3 is 9.84 Å². The predicted octanol–water partition coefficient (Wildman–Crippen LogP) is 2.43. The van der Waals surface area contributed by atoms with Gasteiger partial charge in [-0.3, -0.25) is 0 Å². The van der Waals surface area contributed by atoms with Gasteiger partial charge in [-0.1, -0.05) is 6.07 Å². The second kappa shape index (κ2) is 6.58. The molecule has 21 heavy (non-hydrogen) atoms. The number of aromatic carboxylic acids is 1. The maximum absolute atomic E-state index is 12.4. The Morgan fingerprint density at radius 2 is 2.19 bits per heavy atom. The van der Waals surface area contributed by atoms with Crippen LogP contribution in [0.25, 0.3) is 0 Å². The van der Waals surface area contributed by atoms with Gasteiger partial charge in [-0.15, -0.1) is 0 Å². The molecule has 116 valence electrons. The third kappa shape index (κ3) is 3.83. The van der Waals surface area contributed by atoms with Crippen LogP contribution < -0.4 is 0 Å². The van der Waals surface area contributed by atoms with Crippen LogP contribution in [0.3, 0.4) is 0 Å². The molecule has 1 aromatic carbocycles. The van der Waals surface area contributed by atoms with E-state index in [4.69, 9.17) is 9.84 Å². The minimum Gasteiger partial charge on any atom is -0.478 e. The number of carboxylic acids is 1. The Kier molecular flexibility index (Phi) is 5.00. The van der Waals surface area contributed by atoms with Crippen LogP contribution in [0, 0.1) is 6.92 Å². The first kappa shape index (κ1) is 16.0. The lowest BCUT2D eigenvalue weighted by molar-refractivity contribution is 0.0695. The summed E-state index contributed by atoms with van der Waals surface area (Å²) in [7, 11) is -3.46. The molecule has 1 aromatic rings. The molecule has 1 aliphatic rings. The highest BCUT2D eigenvalue weighted by Crippen LogP contribution is 2.23. The molecule has 0 radical (unpaired) electrons. The van der Waals surface area contributed by atoms with Gasteiger partial charge in [-0.25, -0.2) is 13.2 Å². The van der Waals surface area contributed by atoms with Gasteiger partial charge in [0.05, 0.1) is 22.3 Å². The van der Waals surface area contributed by atoms with E-state index in [1.165, 1.54) is 25.1 Å². The van der Waals surface area contributed by atoms with E-state index in [0.717, 1.165) is 25.9 Å². The number of benzene rings is 1. The Morgan fingerprint density at radius 3 is 2.81 bits per heavy atom. The first-order chi connectivity index (χ1) is 9.92. The molecule has 0 amide bonds. The molecule has 1 saturated heterocycles. The summed E-state index contributed by atoms with van der Waals surface area (Å²) < 4.78 is 30.2. The molecular weight excluding hydrogens is 292 g/mol. The molecule has 0 saturated carbocycles. The number of carbonyl (C=O) groups is 1. The summed E-state index contributed by atoms with van der Waals surface area (Å²) in [4.78, 5) is 11.2. The molecule has 1 atom stereocenters. The smallest absolute Gasteiger partial charge is 0.335 e. The quantitative estimate of drug-likeness (QED) is 0.872. The standard InChI is InChI=1S/C15H20O5S/c1-11-13(15(16)17)7-2-8-14(11)21(18,19)10-4-6-12-5-3-9-20-12/h2,7-8,12H,3-6,9-10H2,1H3,(H,16,17). The Morgan fingerprint density at radius 1 is 1.43 bits per heavy atom. The lowest BCUT2D eigenvalue weighted by atomic mass is 10.1. The van der Waals surface area contributed by atoms with Crippen molar-refractivity contribution in [3.05, 3.63) is 29.3 Å². The van der Waals surface area contributed by atoms with Gasteiger partial charge in [-0.05, 0) is 50.3 Å². The van der Waals surface area contributed by atoms with Crippen molar-refractivity contribution < 1.29 is 23.1 Å². The third-order valence-electron chi connectivity index (χ3n) is 3.81. The summed E-state index contributed by atoms with van der Waals surface area (Å²) in [5, 5.41) is 9.06. The van der Waals surface area contributed by atoms with Crippen LogP contribution in [-0.2, 0) is 14.6 Å². The largest absolute Gasteiger partial charge is 0.478 e. The minimum atomic E-state index is -3.46. The highest BCUT2D eigenvalue weighted by molar-refractivity contribution is 7.91. The van der Waals surface area contributed by atoms with Crippen LogP contribution in [0.15, 0.2) is 23.1 Å². The first-order valence-electron chi connectivity index (χ1n) is 7.09. The fourth-order valence-electron chi connectivity index (χ4n) is 2.67. The van der Waals surface area contributed by atoms with Gasteiger partial charge in [-0.2, -0.15) is 0 Å². The normalized spacial score (nSPS) is 18.8. The van der Waals surface area contributed by atoms with Crippen molar-refractivity contribution in [2.45, 2.75) is 43.6 Å². The SMILES string of the molecule is Cc1c(C(=O)O)cccc1S(=O)(=O)CCCC1CCCO1. The number of rotatable bonds is 6. The van der Waals surface area contributed by atoms with E-state index < -0.39 is 15.8 Å². The number of hydrogen-bond donors (Lipinski definition) is 1. The maximum Gasteiger partial charge on any atom is 0.335 e. The molecule has 1 fully saturated rings. The van der Waals surface area contributed by atoms with Crippen LogP contribution in [-0.4, -0.2) is 38.0 Å².